The second kappa shape index (κ2) is 5.56. The van der Waals surface area contributed by atoms with Gasteiger partial charge in [0.15, 0.2) is 0 Å². The molecule has 2 saturated heterocycles. The standard InChI is InChI=1S/C15H23N3O2/c1-11-8-12(2)18(16-11)9-14-4-3-6-17(14)15(19)13-5-7-20-10-13/h8,13-14H,3-7,9-10H2,1-2H3. The van der Waals surface area contributed by atoms with Crippen LogP contribution in [-0.2, 0) is 16.1 Å². The van der Waals surface area contributed by atoms with Crippen LogP contribution in [0, 0.1) is 19.8 Å². The molecule has 2 atom stereocenters. The maximum absolute atomic E-state index is 12.6. The Morgan fingerprint density at radius 2 is 2.30 bits per heavy atom. The number of aromatic nitrogens is 2. The molecule has 3 heterocycles. The van der Waals surface area contributed by atoms with Gasteiger partial charge >= 0.3 is 0 Å². The van der Waals surface area contributed by atoms with E-state index in [4.69, 9.17) is 4.74 Å². The van der Waals surface area contributed by atoms with Crippen molar-refractivity contribution in [1.29, 1.82) is 0 Å². The van der Waals surface area contributed by atoms with Crippen molar-refractivity contribution in [3.63, 3.8) is 0 Å². The molecule has 20 heavy (non-hydrogen) atoms. The van der Waals surface area contributed by atoms with Gasteiger partial charge in [0.25, 0.3) is 0 Å². The van der Waals surface area contributed by atoms with E-state index in [-0.39, 0.29) is 11.8 Å². The van der Waals surface area contributed by atoms with Crippen molar-refractivity contribution in [2.24, 2.45) is 5.92 Å². The first kappa shape index (κ1) is 13.6. The van der Waals surface area contributed by atoms with Crippen molar-refractivity contribution in [3.8, 4) is 0 Å². The Bertz CT molecular complexity index is 491. The molecule has 1 aromatic rings. The quantitative estimate of drug-likeness (QED) is 0.841. The molecule has 2 unspecified atom stereocenters. The Morgan fingerprint density at radius 3 is 2.95 bits per heavy atom. The summed E-state index contributed by atoms with van der Waals surface area (Å²) < 4.78 is 7.39. The Balaban J connectivity index is 1.69. The van der Waals surface area contributed by atoms with Crippen molar-refractivity contribution >= 4 is 5.91 Å². The summed E-state index contributed by atoms with van der Waals surface area (Å²) in [6, 6.07) is 2.38. The molecule has 0 aromatic carbocycles. The fourth-order valence-corrected chi connectivity index (χ4v) is 3.34. The maximum Gasteiger partial charge on any atom is 0.228 e. The highest BCUT2D eigenvalue weighted by Gasteiger charge is 2.35. The minimum atomic E-state index is 0.0797. The predicted octanol–water partition coefficient (Wildman–Crippen LogP) is 1.53. The lowest BCUT2D eigenvalue weighted by molar-refractivity contribution is -0.136. The van der Waals surface area contributed by atoms with E-state index in [0.29, 0.717) is 12.6 Å². The number of hydrogen-bond acceptors (Lipinski definition) is 3. The number of nitrogens with zero attached hydrogens (tertiary/aromatic N) is 3. The average Bonchev–Trinajstić information content (AvgIpc) is 3.12. The lowest BCUT2D eigenvalue weighted by Crippen LogP contribution is -2.42. The first-order chi connectivity index (χ1) is 9.65. The Labute approximate surface area is 119 Å². The normalized spacial score (nSPS) is 26.4. The zero-order valence-electron chi connectivity index (χ0n) is 12.3. The highest BCUT2D eigenvalue weighted by molar-refractivity contribution is 5.79. The van der Waals surface area contributed by atoms with Crippen LogP contribution in [0.5, 0.6) is 0 Å². The smallest absolute Gasteiger partial charge is 0.228 e. The van der Waals surface area contributed by atoms with Gasteiger partial charge in [0.2, 0.25) is 5.91 Å². The van der Waals surface area contributed by atoms with E-state index in [2.05, 4.69) is 23.0 Å². The Hall–Kier alpha value is -1.36. The van der Waals surface area contributed by atoms with Crippen LogP contribution in [0.15, 0.2) is 6.07 Å². The number of ether oxygens (including phenoxy) is 1. The maximum atomic E-state index is 12.6. The van der Waals surface area contributed by atoms with Gasteiger partial charge in [-0.1, -0.05) is 0 Å². The van der Waals surface area contributed by atoms with Crippen LogP contribution in [0.25, 0.3) is 0 Å². The summed E-state index contributed by atoms with van der Waals surface area (Å²) in [5, 5.41) is 4.52. The molecule has 2 aliphatic heterocycles. The number of hydrogen-bond donors (Lipinski definition) is 0. The van der Waals surface area contributed by atoms with E-state index >= 15 is 0 Å². The number of carbonyl (C=O) groups excluding carboxylic acids is 1. The van der Waals surface area contributed by atoms with Gasteiger partial charge in [-0.15, -0.1) is 0 Å². The molecule has 5 nitrogen and oxygen atoms in total. The van der Waals surface area contributed by atoms with E-state index in [1.807, 2.05) is 11.6 Å². The molecule has 0 radical (unpaired) electrons. The van der Waals surface area contributed by atoms with Crippen LogP contribution in [0.3, 0.4) is 0 Å². The molecule has 3 rings (SSSR count). The van der Waals surface area contributed by atoms with Crippen molar-refractivity contribution < 1.29 is 9.53 Å². The van der Waals surface area contributed by atoms with E-state index in [1.165, 1.54) is 5.69 Å². The predicted molar refractivity (Wildman–Crippen MR) is 75.4 cm³/mol. The van der Waals surface area contributed by atoms with Gasteiger partial charge in [0.1, 0.15) is 0 Å². The molecule has 2 fully saturated rings. The Kier molecular flexibility index (Phi) is 3.78. The van der Waals surface area contributed by atoms with Gasteiger partial charge < -0.3 is 9.64 Å². The van der Waals surface area contributed by atoms with E-state index < -0.39 is 0 Å². The van der Waals surface area contributed by atoms with E-state index in [1.54, 1.807) is 0 Å². The van der Waals surface area contributed by atoms with Crippen LogP contribution < -0.4 is 0 Å². The van der Waals surface area contributed by atoms with Crippen molar-refractivity contribution in [1.82, 2.24) is 14.7 Å². The molecule has 1 amide bonds. The Morgan fingerprint density at radius 1 is 1.45 bits per heavy atom. The number of rotatable bonds is 3. The fraction of sp³-hybridized carbons (Fsp3) is 0.733. The van der Waals surface area contributed by atoms with Gasteiger partial charge in [-0.25, -0.2) is 0 Å². The van der Waals surface area contributed by atoms with Gasteiger partial charge in [0.05, 0.1) is 30.8 Å². The molecular formula is C15H23N3O2. The zero-order chi connectivity index (χ0) is 14.1. The summed E-state index contributed by atoms with van der Waals surface area (Å²) in [7, 11) is 0. The van der Waals surface area contributed by atoms with Crippen LogP contribution in [-0.4, -0.2) is 46.4 Å². The molecule has 110 valence electrons. The first-order valence-electron chi connectivity index (χ1n) is 7.54. The highest BCUT2D eigenvalue weighted by atomic mass is 16.5. The number of aryl methyl sites for hydroxylation is 2. The molecule has 0 bridgehead atoms. The molecule has 1 aromatic heterocycles. The number of likely N-dealkylation sites (tertiary alicyclic amines) is 1. The second-order valence-electron chi connectivity index (χ2n) is 6.00. The number of carbonyl (C=O) groups is 1. The van der Waals surface area contributed by atoms with Crippen LogP contribution in [0.1, 0.15) is 30.7 Å². The SMILES string of the molecule is Cc1cc(C)n(CC2CCCN2C(=O)C2CCOC2)n1. The van der Waals surface area contributed by atoms with Crippen LogP contribution in [0.2, 0.25) is 0 Å². The first-order valence-corrected chi connectivity index (χ1v) is 7.54. The van der Waals surface area contributed by atoms with Gasteiger partial charge in [0, 0.05) is 18.8 Å². The third-order valence-electron chi connectivity index (χ3n) is 4.43. The zero-order valence-corrected chi connectivity index (χ0v) is 12.3. The molecule has 0 aliphatic carbocycles. The lowest BCUT2D eigenvalue weighted by Gasteiger charge is -2.27. The molecule has 0 N–H and O–H groups in total. The summed E-state index contributed by atoms with van der Waals surface area (Å²) in [4.78, 5) is 14.6. The second-order valence-corrected chi connectivity index (χ2v) is 6.00. The molecule has 0 spiro atoms. The molecule has 5 heteroatoms. The van der Waals surface area contributed by atoms with Gasteiger partial charge in [-0.3, -0.25) is 9.48 Å². The monoisotopic (exact) mass is 277 g/mol. The van der Waals surface area contributed by atoms with Crippen molar-refractivity contribution in [3.05, 3.63) is 17.5 Å². The minimum Gasteiger partial charge on any atom is -0.381 e. The van der Waals surface area contributed by atoms with Crippen molar-refractivity contribution in [2.75, 3.05) is 19.8 Å². The van der Waals surface area contributed by atoms with E-state index in [9.17, 15) is 4.79 Å². The third-order valence-corrected chi connectivity index (χ3v) is 4.43. The van der Waals surface area contributed by atoms with Crippen LogP contribution in [0.4, 0.5) is 0 Å². The van der Waals surface area contributed by atoms with Crippen molar-refractivity contribution in [2.45, 2.75) is 45.7 Å². The summed E-state index contributed by atoms with van der Waals surface area (Å²) in [5.74, 6) is 0.364. The summed E-state index contributed by atoms with van der Waals surface area (Å²) in [6.07, 6.45) is 3.06. The van der Waals surface area contributed by atoms with E-state index in [0.717, 1.165) is 44.7 Å². The minimum absolute atomic E-state index is 0.0797. The fourth-order valence-electron chi connectivity index (χ4n) is 3.34. The summed E-state index contributed by atoms with van der Waals surface area (Å²) in [6.45, 7) is 7.12. The molecule has 2 aliphatic rings. The summed E-state index contributed by atoms with van der Waals surface area (Å²) in [5.41, 5.74) is 2.22. The summed E-state index contributed by atoms with van der Waals surface area (Å²) >= 11 is 0. The lowest BCUT2D eigenvalue weighted by atomic mass is 10.1. The topological polar surface area (TPSA) is 47.4 Å². The molecule has 0 saturated carbocycles. The largest absolute Gasteiger partial charge is 0.381 e. The van der Waals surface area contributed by atoms with Gasteiger partial charge in [-0.2, -0.15) is 5.10 Å². The third kappa shape index (κ3) is 2.59. The van der Waals surface area contributed by atoms with Gasteiger partial charge in [-0.05, 0) is 39.2 Å². The molecular weight excluding hydrogens is 254 g/mol. The number of amides is 1. The highest BCUT2D eigenvalue weighted by Crippen LogP contribution is 2.24. The van der Waals surface area contributed by atoms with Crippen LogP contribution >= 0.6 is 0 Å². The average molecular weight is 277 g/mol.